The molecule has 3 N–H and O–H groups in total. The van der Waals surface area contributed by atoms with Gasteiger partial charge >= 0.3 is 0 Å². The zero-order valence-corrected chi connectivity index (χ0v) is 18.2. The number of amides is 1. The van der Waals surface area contributed by atoms with Crippen LogP contribution >= 0.6 is 0 Å². The number of nitrogens with one attached hydrogen (secondary N) is 2. The van der Waals surface area contributed by atoms with Crippen LogP contribution in [-0.4, -0.2) is 57.1 Å². The number of aromatic nitrogens is 2. The lowest BCUT2D eigenvalue weighted by atomic mass is 9.93. The fourth-order valence-corrected chi connectivity index (χ4v) is 3.87. The van der Waals surface area contributed by atoms with Gasteiger partial charge in [0.25, 0.3) is 5.91 Å². The minimum absolute atomic E-state index is 0.0248. The number of hydrogen-bond acceptors (Lipinski definition) is 5. The van der Waals surface area contributed by atoms with Gasteiger partial charge in [-0.3, -0.25) is 4.79 Å². The number of unbranched alkanes of at least 4 members (excludes halogenated alkanes) is 1. The van der Waals surface area contributed by atoms with E-state index in [1.807, 2.05) is 0 Å². The van der Waals surface area contributed by atoms with Crippen LogP contribution in [0.1, 0.15) is 35.7 Å². The molecule has 4 rings (SSSR count). The van der Waals surface area contributed by atoms with Crippen molar-refractivity contribution in [3.05, 3.63) is 59.6 Å². The third-order valence-electron chi connectivity index (χ3n) is 5.66. The number of pyridine rings is 1. The van der Waals surface area contributed by atoms with E-state index in [2.05, 4.69) is 22.5 Å². The van der Waals surface area contributed by atoms with E-state index < -0.39 is 23.1 Å². The summed E-state index contributed by atoms with van der Waals surface area (Å²) in [5, 5.41) is 16.6. The second-order valence-electron chi connectivity index (χ2n) is 8.41. The Hall–Kier alpha value is -3.04. The number of anilines is 2. The number of aryl methyl sites for hydroxylation is 1. The van der Waals surface area contributed by atoms with Crippen molar-refractivity contribution < 1.29 is 18.7 Å². The Kier molecular flexibility index (Phi) is 6.12. The molecule has 1 aliphatic rings. The molecule has 2 aromatic heterocycles. The molecule has 1 aromatic carbocycles. The Morgan fingerprint density at radius 2 is 2.09 bits per heavy atom. The molecule has 0 radical (unpaired) electrons. The van der Waals surface area contributed by atoms with E-state index >= 15 is 4.39 Å². The van der Waals surface area contributed by atoms with Crippen molar-refractivity contribution >= 4 is 22.9 Å². The molecule has 3 heterocycles. The first-order chi connectivity index (χ1) is 15.3. The first kappa shape index (κ1) is 22.2. The van der Waals surface area contributed by atoms with Crippen molar-refractivity contribution in [1.29, 1.82) is 0 Å². The van der Waals surface area contributed by atoms with Gasteiger partial charge in [-0.1, -0.05) is 19.4 Å². The third-order valence-corrected chi connectivity index (χ3v) is 5.66. The second kappa shape index (κ2) is 8.84. The zero-order chi connectivity index (χ0) is 22.9. The monoisotopic (exact) mass is 443 g/mol. The first-order valence-electron chi connectivity index (χ1n) is 10.7. The van der Waals surface area contributed by atoms with Crippen molar-refractivity contribution in [3.8, 4) is 0 Å². The quantitative estimate of drug-likeness (QED) is 0.466. The highest BCUT2D eigenvalue weighted by atomic mass is 19.1. The summed E-state index contributed by atoms with van der Waals surface area (Å²) in [5.74, 6) is -1.76. The summed E-state index contributed by atoms with van der Waals surface area (Å²) in [5.41, 5.74) is -0.322. The lowest BCUT2D eigenvalue weighted by molar-refractivity contribution is -0.0784. The molecule has 0 spiro atoms. The molecule has 3 aromatic rings. The normalized spacial score (nSPS) is 15.1. The summed E-state index contributed by atoms with van der Waals surface area (Å²) >= 11 is 0. The Morgan fingerprint density at radius 3 is 2.81 bits per heavy atom. The number of carbonyl (C=O) groups is 1. The number of benzene rings is 1. The van der Waals surface area contributed by atoms with Crippen LogP contribution in [0.5, 0.6) is 0 Å². The van der Waals surface area contributed by atoms with E-state index in [-0.39, 0.29) is 35.7 Å². The minimum Gasteiger partial charge on any atom is -0.385 e. The van der Waals surface area contributed by atoms with Crippen LogP contribution in [0.3, 0.4) is 0 Å². The molecule has 0 bridgehead atoms. The van der Waals surface area contributed by atoms with Crippen molar-refractivity contribution in [2.24, 2.45) is 0 Å². The van der Waals surface area contributed by atoms with Gasteiger partial charge < -0.3 is 25.0 Å². The number of aliphatic hydroxyl groups is 1. The summed E-state index contributed by atoms with van der Waals surface area (Å²) < 4.78 is 31.1. The number of fused-ring (bicyclic) bond motifs is 1. The van der Waals surface area contributed by atoms with Gasteiger partial charge in [0, 0.05) is 25.1 Å². The molecule has 0 aliphatic carbocycles. The third kappa shape index (κ3) is 4.31. The minimum atomic E-state index is -1.02. The van der Waals surface area contributed by atoms with Gasteiger partial charge in [-0.15, -0.1) is 0 Å². The van der Waals surface area contributed by atoms with E-state index in [1.165, 1.54) is 40.0 Å². The molecule has 1 saturated heterocycles. The number of carbonyl (C=O) groups excluding carboxylic acids is 1. The smallest absolute Gasteiger partial charge is 0.257 e. The van der Waals surface area contributed by atoms with Crippen LogP contribution in [0, 0.1) is 18.6 Å². The molecule has 1 fully saturated rings. The maximum atomic E-state index is 15.3. The maximum absolute atomic E-state index is 15.3. The predicted octanol–water partition coefficient (Wildman–Crippen LogP) is 3.24. The van der Waals surface area contributed by atoms with Gasteiger partial charge in [0.2, 0.25) is 0 Å². The van der Waals surface area contributed by atoms with E-state index in [0.29, 0.717) is 6.54 Å². The van der Waals surface area contributed by atoms with E-state index in [0.717, 1.165) is 24.9 Å². The lowest BCUT2D eigenvalue weighted by Crippen LogP contribution is -2.67. The molecule has 9 heteroatoms. The highest BCUT2D eigenvalue weighted by Gasteiger charge is 2.44. The van der Waals surface area contributed by atoms with Crippen LogP contribution in [-0.2, 0) is 0 Å². The van der Waals surface area contributed by atoms with Crippen LogP contribution in [0.4, 0.5) is 20.2 Å². The SMILES string of the molecule is CCCCNCC1(O)CN(C(=O)c2cn3ccnc3c(F)c2Nc2ccc(C)cc2F)C1. The molecule has 7 nitrogen and oxygen atoms in total. The largest absolute Gasteiger partial charge is 0.385 e. The molecule has 1 amide bonds. The van der Waals surface area contributed by atoms with Gasteiger partial charge in [0.1, 0.15) is 11.4 Å². The van der Waals surface area contributed by atoms with Gasteiger partial charge in [0.15, 0.2) is 11.5 Å². The lowest BCUT2D eigenvalue weighted by Gasteiger charge is -2.46. The first-order valence-corrected chi connectivity index (χ1v) is 10.7. The topological polar surface area (TPSA) is 81.9 Å². The summed E-state index contributed by atoms with van der Waals surface area (Å²) in [6.45, 7) is 5.28. The fourth-order valence-electron chi connectivity index (χ4n) is 3.87. The second-order valence-corrected chi connectivity index (χ2v) is 8.41. The highest BCUT2D eigenvalue weighted by Crippen LogP contribution is 2.31. The Balaban J connectivity index is 1.59. The zero-order valence-electron chi connectivity index (χ0n) is 18.2. The van der Waals surface area contributed by atoms with Gasteiger partial charge in [-0.2, -0.15) is 0 Å². The molecule has 0 unspecified atom stereocenters. The van der Waals surface area contributed by atoms with Crippen LogP contribution in [0.25, 0.3) is 5.65 Å². The Morgan fingerprint density at radius 1 is 1.31 bits per heavy atom. The number of imidazole rings is 1. The molecule has 1 aliphatic heterocycles. The van der Waals surface area contributed by atoms with E-state index in [4.69, 9.17) is 0 Å². The van der Waals surface area contributed by atoms with E-state index in [1.54, 1.807) is 13.0 Å². The predicted molar refractivity (Wildman–Crippen MR) is 118 cm³/mol. The molecular formula is C23H27F2N5O2. The van der Waals surface area contributed by atoms with Crippen molar-refractivity contribution in [3.63, 3.8) is 0 Å². The van der Waals surface area contributed by atoms with Crippen molar-refractivity contribution in [2.75, 3.05) is 31.5 Å². The molecule has 0 atom stereocenters. The molecule has 0 saturated carbocycles. The van der Waals surface area contributed by atoms with Gasteiger partial charge in [-0.05, 0) is 37.6 Å². The van der Waals surface area contributed by atoms with Crippen LogP contribution in [0.2, 0.25) is 0 Å². The molecule has 32 heavy (non-hydrogen) atoms. The molecular weight excluding hydrogens is 416 g/mol. The summed E-state index contributed by atoms with van der Waals surface area (Å²) in [7, 11) is 0. The highest BCUT2D eigenvalue weighted by molar-refractivity contribution is 6.01. The number of hydrogen-bond donors (Lipinski definition) is 3. The van der Waals surface area contributed by atoms with Crippen molar-refractivity contribution in [2.45, 2.75) is 32.3 Å². The average molecular weight is 443 g/mol. The summed E-state index contributed by atoms with van der Waals surface area (Å²) in [4.78, 5) is 18.7. The average Bonchev–Trinajstić information content (AvgIpc) is 3.21. The number of likely N-dealkylation sites (tertiary alicyclic amines) is 1. The number of halogens is 2. The van der Waals surface area contributed by atoms with Crippen LogP contribution in [0.15, 0.2) is 36.8 Å². The number of β-amino-alcohol motifs (C(OH)–C–C–N with tert-alkyl or cyclic N) is 1. The molecule has 170 valence electrons. The maximum Gasteiger partial charge on any atom is 0.257 e. The Labute approximate surface area is 185 Å². The summed E-state index contributed by atoms with van der Waals surface area (Å²) in [6.07, 6.45) is 6.49. The standard InChI is InChI=1S/C23H27F2N5O2/c1-3-4-7-26-12-23(32)13-30(14-23)22(31)16-11-29-9-8-27-21(29)19(25)20(16)28-18-6-5-15(2)10-17(18)24/h5-6,8-11,26,28,32H,3-4,7,12-14H2,1-2H3. The van der Waals surface area contributed by atoms with E-state index in [9.17, 15) is 14.3 Å². The number of rotatable bonds is 8. The Bertz CT molecular complexity index is 1140. The summed E-state index contributed by atoms with van der Waals surface area (Å²) in [6, 6.07) is 4.52. The van der Waals surface area contributed by atoms with Gasteiger partial charge in [-0.25, -0.2) is 13.8 Å². The fraction of sp³-hybridized carbons (Fsp3) is 0.391. The number of nitrogens with zero attached hydrogens (tertiary/aromatic N) is 3. The van der Waals surface area contributed by atoms with Crippen molar-refractivity contribution in [1.82, 2.24) is 19.6 Å². The van der Waals surface area contributed by atoms with Gasteiger partial charge in [0.05, 0.1) is 30.0 Å². The van der Waals surface area contributed by atoms with Crippen LogP contribution < -0.4 is 10.6 Å².